The first-order valence-electron chi connectivity index (χ1n) is 10.9. The zero-order valence-corrected chi connectivity index (χ0v) is 18.5. The second kappa shape index (κ2) is 8.97. The van der Waals surface area contributed by atoms with E-state index in [1.165, 1.54) is 5.56 Å². The third-order valence-corrected chi connectivity index (χ3v) is 5.45. The fourth-order valence-electron chi connectivity index (χ4n) is 3.74. The van der Waals surface area contributed by atoms with Crippen LogP contribution < -0.4 is 5.32 Å². The van der Waals surface area contributed by atoms with Crippen LogP contribution in [-0.4, -0.2) is 19.9 Å². The van der Waals surface area contributed by atoms with Crippen LogP contribution in [0.15, 0.2) is 85.3 Å². The fraction of sp³-hybridized carbons (Fsp3) is 0.107. The Labute approximate surface area is 193 Å². The van der Waals surface area contributed by atoms with Gasteiger partial charge in [-0.05, 0) is 58.9 Å². The molecule has 0 radical (unpaired) electrons. The Hall–Kier alpha value is -4.43. The molecule has 0 unspecified atom stereocenters. The molecule has 0 aliphatic carbocycles. The molecule has 2 N–H and O–H groups in total. The van der Waals surface area contributed by atoms with E-state index in [-0.39, 0.29) is 0 Å². The van der Waals surface area contributed by atoms with E-state index in [1.807, 2.05) is 48.8 Å². The van der Waals surface area contributed by atoms with Gasteiger partial charge in [-0.15, -0.1) is 0 Å². The summed E-state index contributed by atoms with van der Waals surface area (Å²) < 4.78 is 0. The molecule has 3 heterocycles. The van der Waals surface area contributed by atoms with Gasteiger partial charge in [0.15, 0.2) is 0 Å². The van der Waals surface area contributed by atoms with E-state index in [9.17, 15) is 0 Å². The van der Waals surface area contributed by atoms with Crippen molar-refractivity contribution < 1.29 is 0 Å². The molecule has 2 aromatic carbocycles. The summed E-state index contributed by atoms with van der Waals surface area (Å²) in [6, 6.07) is 22.3. The minimum Gasteiger partial charge on any atom is -0.346 e. The molecule has 160 valence electrons. The van der Waals surface area contributed by atoms with Crippen LogP contribution in [0.2, 0.25) is 0 Å². The Morgan fingerprint density at radius 3 is 2.48 bits per heavy atom. The monoisotopic (exact) mass is 429 g/mol. The third-order valence-electron chi connectivity index (χ3n) is 5.45. The van der Waals surface area contributed by atoms with Crippen molar-refractivity contribution in [2.24, 2.45) is 0 Å². The van der Waals surface area contributed by atoms with Gasteiger partial charge in [-0.3, -0.25) is 4.98 Å². The number of nitrogens with one attached hydrogen (secondary N) is 2. The lowest BCUT2D eigenvalue weighted by Gasteiger charge is -2.08. The van der Waals surface area contributed by atoms with Gasteiger partial charge in [0.25, 0.3) is 0 Å². The number of H-pyrrole nitrogens is 1. The zero-order valence-electron chi connectivity index (χ0n) is 18.5. The molecule has 5 nitrogen and oxygen atoms in total. The molecule has 0 amide bonds. The number of aromatic nitrogens is 4. The molecule has 0 saturated carbocycles. The van der Waals surface area contributed by atoms with Crippen molar-refractivity contribution in [1.82, 2.24) is 19.9 Å². The lowest BCUT2D eigenvalue weighted by Crippen LogP contribution is -2.00. The Morgan fingerprint density at radius 1 is 0.848 bits per heavy atom. The lowest BCUT2D eigenvalue weighted by molar-refractivity contribution is 0.863. The molecule has 5 rings (SSSR count). The van der Waals surface area contributed by atoms with E-state index in [0.29, 0.717) is 17.6 Å². The third kappa shape index (κ3) is 4.46. The van der Waals surface area contributed by atoms with E-state index < -0.39 is 0 Å². The maximum atomic E-state index is 4.71. The van der Waals surface area contributed by atoms with Crippen molar-refractivity contribution in [3.63, 3.8) is 0 Å². The highest BCUT2D eigenvalue weighted by Crippen LogP contribution is 2.23. The van der Waals surface area contributed by atoms with Crippen molar-refractivity contribution >= 4 is 22.7 Å². The number of pyridine rings is 1. The number of anilines is 2. The van der Waals surface area contributed by atoms with Gasteiger partial charge in [-0.2, -0.15) is 4.98 Å². The van der Waals surface area contributed by atoms with Crippen LogP contribution in [0, 0.1) is 11.8 Å². The van der Waals surface area contributed by atoms with Crippen molar-refractivity contribution in [1.29, 1.82) is 0 Å². The summed E-state index contributed by atoms with van der Waals surface area (Å²) in [6.07, 6.45) is 5.49. The second-order valence-electron chi connectivity index (χ2n) is 8.07. The second-order valence-corrected chi connectivity index (χ2v) is 8.07. The standard InChI is InChI=1S/C28H23N5/c1-19(2)24-8-4-3-6-21(24)11-14-26-25-15-17-30-27(25)33-28(32-26)31-23-12-9-20(10-13-23)22-7-5-16-29-18-22/h3-10,12-13,15-19H,1-2H3,(H2,30,31,32,33). The number of aromatic amines is 1. The van der Waals surface area contributed by atoms with Crippen LogP contribution in [0.25, 0.3) is 22.2 Å². The summed E-state index contributed by atoms with van der Waals surface area (Å²) in [7, 11) is 0. The lowest BCUT2D eigenvalue weighted by atomic mass is 9.97. The number of hydrogen-bond acceptors (Lipinski definition) is 4. The van der Waals surface area contributed by atoms with Gasteiger partial charge in [-0.25, -0.2) is 4.98 Å². The highest BCUT2D eigenvalue weighted by Gasteiger charge is 2.09. The van der Waals surface area contributed by atoms with Gasteiger partial charge in [0, 0.05) is 29.8 Å². The van der Waals surface area contributed by atoms with Gasteiger partial charge >= 0.3 is 0 Å². The SMILES string of the molecule is CC(C)c1ccccc1C#Cc1nc(Nc2ccc(-c3cccnc3)cc2)nc2[nH]ccc12. The minimum absolute atomic E-state index is 0.403. The smallest absolute Gasteiger partial charge is 0.230 e. The quantitative estimate of drug-likeness (QED) is 0.330. The Balaban J connectivity index is 1.46. The minimum atomic E-state index is 0.403. The molecule has 5 aromatic rings. The van der Waals surface area contributed by atoms with E-state index >= 15 is 0 Å². The number of nitrogens with zero attached hydrogens (tertiary/aromatic N) is 3. The maximum Gasteiger partial charge on any atom is 0.230 e. The van der Waals surface area contributed by atoms with Crippen LogP contribution >= 0.6 is 0 Å². The van der Waals surface area contributed by atoms with E-state index in [0.717, 1.165) is 33.4 Å². The van der Waals surface area contributed by atoms with Crippen LogP contribution in [0.3, 0.4) is 0 Å². The highest BCUT2D eigenvalue weighted by atomic mass is 15.1. The summed E-state index contributed by atoms with van der Waals surface area (Å²) in [6.45, 7) is 4.36. The van der Waals surface area contributed by atoms with Crippen molar-refractivity contribution in [3.8, 4) is 23.0 Å². The fourth-order valence-corrected chi connectivity index (χ4v) is 3.74. The number of fused-ring (bicyclic) bond motifs is 1. The Morgan fingerprint density at radius 2 is 1.70 bits per heavy atom. The summed E-state index contributed by atoms with van der Waals surface area (Å²) >= 11 is 0. The number of rotatable bonds is 4. The van der Waals surface area contributed by atoms with Gasteiger partial charge < -0.3 is 10.3 Å². The molecule has 0 fully saturated rings. The average Bonchev–Trinajstić information content (AvgIpc) is 3.32. The summed E-state index contributed by atoms with van der Waals surface area (Å²) in [5.74, 6) is 7.50. The molecule has 3 aromatic heterocycles. The van der Waals surface area contributed by atoms with Crippen molar-refractivity contribution in [2.45, 2.75) is 19.8 Å². The molecule has 33 heavy (non-hydrogen) atoms. The van der Waals surface area contributed by atoms with Crippen molar-refractivity contribution in [3.05, 3.63) is 102 Å². The first kappa shape index (κ1) is 20.5. The predicted octanol–water partition coefficient (Wildman–Crippen LogP) is 6.29. The highest BCUT2D eigenvalue weighted by molar-refractivity contribution is 5.82. The van der Waals surface area contributed by atoms with Gasteiger partial charge in [0.2, 0.25) is 5.95 Å². The Bertz CT molecular complexity index is 1460. The van der Waals surface area contributed by atoms with E-state index in [2.05, 4.69) is 76.3 Å². The summed E-state index contributed by atoms with van der Waals surface area (Å²) in [5.41, 5.74) is 6.77. The number of hydrogen-bond donors (Lipinski definition) is 2. The molecule has 0 spiro atoms. The normalized spacial score (nSPS) is 10.8. The van der Waals surface area contributed by atoms with Gasteiger partial charge in [0.05, 0.1) is 5.39 Å². The maximum absolute atomic E-state index is 4.71. The van der Waals surface area contributed by atoms with Crippen molar-refractivity contribution in [2.75, 3.05) is 5.32 Å². The van der Waals surface area contributed by atoms with Crippen LogP contribution in [-0.2, 0) is 0 Å². The zero-order chi connectivity index (χ0) is 22.6. The molecule has 0 saturated heterocycles. The molecule has 5 heteroatoms. The predicted molar refractivity (Wildman–Crippen MR) is 133 cm³/mol. The van der Waals surface area contributed by atoms with E-state index in [1.54, 1.807) is 6.20 Å². The molecular weight excluding hydrogens is 406 g/mol. The largest absolute Gasteiger partial charge is 0.346 e. The topological polar surface area (TPSA) is 66.5 Å². The first-order chi connectivity index (χ1) is 16.2. The summed E-state index contributed by atoms with van der Waals surface area (Å²) in [5, 5.41) is 4.21. The molecule has 0 atom stereocenters. The summed E-state index contributed by atoms with van der Waals surface area (Å²) in [4.78, 5) is 16.7. The molecule has 0 bridgehead atoms. The number of benzene rings is 2. The van der Waals surface area contributed by atoms with Crippen LogP contribution in [0.4, 0.5) is 11.6 Å². The van der Waals surface area contributed by atoms with Gasteiger partial charge in [0.1, 0.15) is 11.3 Å². The van der Waals surface area contributed by atoms with Crippen LogP contribution in [0.5, 0.6) is 0 Å². The molecular formula is C28H23N5. The molecule has 0 aliphatic heterocycles. The Kier molecular flexibility index (Phi) is 5.57. The first-order valence-corrected chi connectivity index (χ1v) is 10.9. The average molecular weight is 430 g/mol. The van der Waals surface area contributed by atoms with E-state index in [4.69, 9.17) is 4.98 Å². The van der Waals surface area contributed by atoms with Gasteiger partial charge in [-0.1, -0.05) is 56.2 Å². The van der Waals surface area contributed by atoms with Crippen LogP contribution in [0.1, 0.15) is 36.6 Å². The molecule has 0 aliphatic rings.